The topological polar surface area (TPSA) is 126 Å². The Balaban J connectivity index is 2.21. The van der Waals surface area contributed by atoms with Crippen LogP contribution in [0.5, 0.6) is 0 Å². The molecule has 2 aromatic rings. The van der Waals surface area contributed by atoms with Crippen LogP contribution in [-0.4, -0.2) is 58.5 Å². The van der Waals surface area contributed by atoms with Crippen LogP contribution in [0.2, 0.25) is 0 Å². The van der Waals surface area contributed by atoms with Crippen molar-refractivity contribution in [3.63, 3.8) is 0 Å². The van der Waals surface area contributed by atoms with E-state index in [1.54, 1.807) is 27.7 Å². The van der Waals surface area contributed by atoms with Gasteiger partial charge in [-0.15, -0.1) is 5.10 Å². The van der Waals surface area contributed by atoms with E-state index in [1.807, 2.05) is 0 Å². The molecule has 2 rings (SSSR count). The standard InChI is InChI=1S/C18H26N6O4S/c1-5-23(6-2)29(27,28)15-9-7-8-14(10-15)17(25)21-16(13(3)4)18(26)22-24-12-19-11-20-24/h7-13,16H,5-6H2,1-4H3,(H,21,25)(H,22,26)/t16-/m1/s1. The molecule has 0 aliphatic heterocycles. The number of rotatable bonds is 9. The van der Waals surface area contributed by atoms with Crippen molar-refractivity contribution in [3.05, 3.63) is 42.5 Å². The van der Waals surface area contributed by atoms with Crippen LogP contribution >= 0.6 is 0 Å². The number of amides is 2. The van der Waals surface area contributed by atoms with E-state index in [0.717, 1.165) is 4.79 Å². The first-order valence-electron chi connectivity index (χ1n) is 9.27. The zero-order valence-corrected chi connectivity index (χ0v) is 17.7. The summed E-state index contributed by atoms with van der Waals surface area (Å²) in [7, 11) is -3.70. The number of carbonyl (C=O) groups is 2. The predicted octanol–water partition coefficient (Wildman–Crippen LogP) is 0.833. The molecule has 0 unspecified atom stereocenters. The lowest BCUT2D eigenvalue weighted by molar-refractivity contribution is -0.119. The number of nitrogens with one attached hydrogen (secondary N) is 2. The van der Waals surface area contributed by atoms with Crippen LogP contribution < -0.4 is 10.7 Å². The van der Waals surface area contributed by atoms with E-state index < -0.39 is 27.9 Å². The number of hydrogen-bond acceptors (Lipinski definition) is 6. The molecule has 2 amide bonds. The summed E-state index contributed by atoms with van der Waals surface area (Å²) in [6.07, 6.45) is 2.59. The second-order valence-corrected chi connectivity index (χ2v) is 8.57. The van der Waals surface area contributed by atoms with Crippen LogP contribution in [0.4, 0.5) is 0 Å². The van der Waals surface area contributed by atoms with E-state index in [0.29, 0.717) is 13.1 Å². The van der Waals surface area contributed by atoms with Gasteiger partial charge in [0.1, 0.15) is 18.7 Å². The molecule has 2 N–H and O–H groups in total. The second kappa shape index (κ2) is 9.61. The van der Waals surface area contributed by atoms with Crippen LogP contribution in [0.1, 0.15) is 38.1 Å². The number of carbonyl (C=O) groups excluding carboxylic acids is 2. The normalized spacial score (nSPS) is 12.8. The summed E-state index contributed by atoms with van der Waals surface area (Å²) in [4.78, 5) is 30.1. The molecular weight excluding hydrogens is 396 g/mol. The van der Waals surface area contributed by atoms with Crippen molar-refractivity contribution in [2.75, 3.05) is 18.5 Å². The van der Waals surface area contributed by atoms with E-state index in [-0.39, 0.29) is 16.4 Å². The lowest BCUT2D eigenvalue weighted by atomic mass is 10.0. The Labute approximate surface area is 170 Å². The van der Waals surface area contributed by atoms with Gasteiger partial charge in [-0.25, -0.2) is 18.8 Å². The van der Waals surface area contributed by atoms with E-state index in [4.69, 9.17) is 0 Å². The molecule has 10 nitrogen and oxygen atoms in total. The molecule has 1 aromatic carbocycles. The summed E-state index contributed by atoms with van der Waals surface area (Å²) in [6, 6.07) is 4.92. The van der Waals surface area contributed by atoms with Gasteiger partial charge in [0.2, 0.25) is 10.0 Å². The van der Waals surface area contributed by atoms with Crippen molar-refractivity contribution in [2.45, 2.75) is 38.6 Å². The Hall–Kier alpha value is -2.79. The van der Waals surface area contributed by atoms with E-state index in [9.17, 15) is 18.0 Å². The molecule has 11 heteroatoms. The Morgan fingerprint density at radius 1 is 1.21 bits per heavy atom. The number of hydrogen-bond donors (Lipinski definition) is 2. The zero-order chi connectivity index (χ0) is 21.6. The smallest absolute Gasteiger partial charge is 0.262 e. The maximum atomic E-state index is 12.7. The highest BCUT2D eigenvalue weighted by Gasteiger charge is 2.27. The van der Waals surface area contributed by atoms with Crippen molar-refractivity contribution >= 4 is 21.8 Å². The SMILES string of the molecule is CCN(CC)S(=O)(=O)c1cccc(C(=O)N[C@@H](C(=O)Nn2cncn2)C(C)C)c1. The Morgan fingerprint density at radius 2 is 1.90 bits per heavy atom. The molecule has 1 atom stereocenters. The summed E-state index contributed by atoms with van der Waals surface area (Å²) in [5, 5.41) is 6.46. The first kappa shape index (κ1) is 22.5. The molecule has 0 aliphatic carbocycles. The molecule has 1 heterocycles. The first-order valence-corrected chi connectivity index (χ1v) is 10.7. The fourth-order valence-electron chi connectivity index (χ4n) is 2.72. The third-order valence-corrected chi connectivity index (χ3v) is 6.36. The lowest BCUT2D eigenvalue weighted by Gasteiger charge is -2.22. The molecule has 0 saturated carbocycles. The highest BCUT2D eigenvalue weighted by Crippen LogP contribution is 2.17. The van der Waals surface area contributed by atoms with Crippen molar-refractivity contribution in [1.29, 1.82) is 0 Å². The van der Waals surface area contributed by atoms with Gasteiger partial charge in [-0.2, -0.15) is 9.10 Å². The lowest BCUT2D eigenvalue weighted by Crippen LogP contribution is -2.48. The third-order valence-electron chi connectivity index (χ3n) is 4.32. The summed E-state index contributed by atoms with van der Waals surface area (Å²) in [5.74, 6) is -1.23. The number of nitrogens with zero attached hydrogens (tertiary/aromatic N) is 4. The number of sulfonamides is 1. The van der Waals surface area contributed by atoms with Gasteiger partial charge >= 0.3 is 0 Å². The Kier molecular flexibility index (Phi) is 7.46. The van der Waals surface area contributed by atoms with Crippen LogP contribution in [0.15, 0.2) is 41.8 Å². The van der Waals surface area contributed by atoms with E-state index in [2.05, 4.69) is 20.8 Å². The van der Waals surface area contributed by atoms with E-state index >= 15 is 0 Å². The summed E-state index contributed by atoms with van der Waals surface area (Å²) in [6.45, 7) is 7.72. The molecule has 158 valence electrons. The van der Waals surface area contributed by atoms with Crippen molar-refractivity contribution in [3.8, 4) is 0 Å². The molecule has 0 spiro atoms. The van der Waals surface area contributed by atoms with Crippen LogP contribution in [0.25, 0.3) is 0 Å². The summed E-state index contributed by atoms with van der Waals surface area (Å²) >= 11 is 0. The van der Waals surface area contributed by atoms with Crippen LogP contribution in [-0.2, 0) is 14.8 Å². The van der Waals surface area contributed by atoms with Gasteiger partial charge in [0.25, 0.3) is 11.8 Å². The zero-order valence-electron chi connectivity index (χ0n) is 16.9. The number of benzene rings is 1. The minimum absolute atomic E-state index is 0.0296. The second-order valence-electron chi connectivity index (χ2n) is 6.63. The van der Waals surface area contributed by atoms with Crippen molar-refractivity contribution < 1.29 is 18.0 Å². The summed E-state index contributed by atoms with van der Waals surface area (Å²) < 4.78 is 26.7. The molecule has 0 radical (unpaired) electrons. The summed E-state index contributed by atoms with van der Waals surface area (Å²) in [5.41, 5.74) is 2.66. The molecule has 0 aliphatic rings. The minimum Gasteiger partial charge on any atom is -0.340 e. The van der Waals surface area contributed by atoms with E-state index in [1.165, 1.54) is 41.2 Å². The largest absolute Gasteiger partial charge is 0.340 e. The minimum atomic E-state index is -3.70. The molecule has 0 fully saturated rings. The van der Waals surface area contributed by atoms with Gasteiger partial charge < -0.3 is 5.32 Å². The average molecular weight is 423 g/mol. The van der Waals surface area contributed by atoms with Crippen LogP contribution in [0.3, 0.4) is 0 Å². The molecule has 0 saturated heterocycles. The van der Waals surface area contributed by atoms with Gasteiger partial charge in [-0.1, -0.05) is 33.8 Å². The van der Waals surface area contributed by atoms with Gasteiger partial charge in [0, 0.05) is 18.7 Å². The van der Waals surface area contributed by atoms with Crippen molar-refractivity contribution in [2.24, 2.45) is 5.92 Å². The molecule has 1 aromatic heterocycles. The Bertz CT molecular complexity index is 939. The molecular formula is C18H26N6O4S. The maximum absolute atomic E-state index is 12.7. The molecule has 0 bridgehead atoms. The fourth-order valence-corrected chi connectivity index (χ4v) is 4.22. The fraction of sp³-hybridized carbons (Fsp3) is 0.444. The average Bonchev–Trinajstić information content (AvgIpc) is 3.19. The van der Waals surface area contributed by atoms with Crippen LogP contribution in [0, 0.1) is 5.92 Å². The predicted molar refractivity (Wildman–Crippen MR) is 107 cm³/mol. The van der Waals surface area contributed by atoms with Gasteiger partial charge in [0.15, 0.2) is 0 Å². The van der Waals surface area contributed by atoms with Gasteiger partial charge in [-0.3, -0.25) is 9.59 Å². The third kappa shape index (κ3) is 5.39. The highest BCUT2D eigenvalue weighted by molar-refractivity contribution is 7.89. The maximum Gasteiger partial charge on any atom is 0.262 e. The quantitative estimate of drug-likeness (QED) is 0.616. The monoisotopic (exact) mass is 422 g/mol. The highest BCUT2D eigenvalue weighted by atomic mass is 32.2. The Morgan fingerprint density at radius 3 is 2.45 bits per heavy atom. The first-order chi connectivity index (χ1) is 13.7. The van der Waals surface area contributed by atoms with Gasteiger partial charge in [0.05, 0.1) is 4.90 Å². The molecule has 29 heavy (non-hydrogen) atoms. The number of aromatic nitrogens is 3. The van der Waals surface area contributed by atoms with Crippen molar-refractivity contribution in [1.82, 2.24) is 24.5 Å². The van der Waals surface area contributed by atoms with Gasteiger partial charge in [-0.05, 0) is 24.1 Å².